The molecular formula is C28H20N4O2S. The highest BCUT2D eigenvalue weighted by molar-refractivity contribution is 7.15. The first kappa shape index (κ1) is 21.1. The van der Waals surface area contributed by atoms with Crippen molar-refractivity contribution in [1.82, 2.24) is 19.2 Å². The molecule has 170 valence electrons. The fraction of sp³-hybridized carbons (Fsp3) is 0.0357. The van der Waals surface area contributed by atoms with Crippen LogP contribution in [0.25, 0.3) is 39.0 Å². The Bertz CT molecular complexity index is 1780. The van der Waals surface area contributed by atoms with Crippen molar-refractivity contribution in [3.63, 3.8) is 0 Å². The van der Waals surface area contributed by atoms with Gasteiger partial charge in [-0.3, -0.25) is 4.79 Å². The van der Waals surface area contributed by atoms with Gasteiger partial charge >= 0.3 is 0 Å². The van der Waals surface area contributed by atoms with Gasteiger partial charge in [0.05, 0.1) is 21.3 Å². The molecule has 0 fully saturated rings. The molecule has 0 saturated heterocycles. The lowest BCUT2D eigenvalue weighted by atomic mass is 10.1. The van der Waals surface area contributed by atoms with Gasteiger partial charge in [-0.1, -0.05) is 54.3 Å². The summed E-state index contributed by atoms with van der Waals surface area (Å²) in [7, 11) is 0. The van der Waals surface area contributed by atoms with Crippen molar-refractivity contribution in [2.24, 2.45) is 0 Å². The highest BCUT2D eigenvalue weighted by Gasteiger charge is 2.14. The predicted molar refractivity (Wildman–Crippen MR) is 140 cm³/mol. The van der Waals surface area contributed by atoms with Crippen LogP contribution >= 0.6 is 11.3 Å². The predicted octanol–water partition coefficient (Wildman–Crippen LogP) is 4.87. The third-order valence-corrected chi connectivity index (χ3v) is 6.66. The first-order chi connectivity index (χ1) is 17.2. The van der Waals surface area contributed by atoms with Gasteiger partial charge in [0.2, 0.25) is 0 Å². The Kier molecular flexibility index (Phi) is 5.24. The molecule has 0 spiro atoms. The van der Waals surface area contributed by atoms with Crippen LogP contribution in [0.15, 0.2) is 103 Å². The molecule has 7 heteroatoms. The summed E-state index contributed by atoms with van der Waals surface area (Å²) in [4.78, 5) is 18.6. The number of nitrogens with zero attached hydrogens (tertiary/aromatic N) is 4. The third-order valence-electron chi connectivity index (χ3n) is 5.69. The minimum absolute atomic E-state index is 0.0784. The molecule has 0 radical (unpaired) electrons. The van der Waals surface area contributed by atoms with Crippen LogP contribution in [0.5, 0.6) is 5.75 Å². The molecule has 6 aromatic rings. The number of aromatic nitrogens is 4. The molecule has 3 aromatic heterocycles. The summed E-state index contributed by atoms with van der Waals surface area (Å²) >= 11 is 1.38. The molecule has 0 aliphatic carbocycles. The van der Waals surface area contributed by atoms with E-state index in [4.69, 9.17) is 9.84 Å². The Labute approximate surface area is 204 Å². The second-order valence-corrected chi connectivity index (χ2v) is 8.98. The van der Waals surface area contributed by atoms with E-state index in [9.17, 15) is 4.79 Å². The highest BCUT2D eigenvalue weighted by atomic mass is 32.1. The number of para-hydroxylation sites is 3. The second kappa shape index (κ2) is 8.70. The van der Waals surface area contributed by atoms with Crippen molar-refractivity contribution in [2.75, 3.05) is 6.61 Å². The molecule has 3 aromatic carbocycles. The van der Waals surface area contributed by atoms with Gasteiger partial charge in [0.1, 0.15) is 18.1 Å². The number of benzene rings is 3. The molecular weight excluding hydrogens is 456 g/mol. The number of fused-ring (bicyclic) bond motifs is 3. The van der Waals surface area contributed by atoms with Gasteiger partial charge in [-0.05, 0) is 54.6 Å². The van der Waals surface area contributed by atoms with Crippen LogP contribution in [-0.4, -0.2) is 25.8 Å². The van der Waals surface area contributed by atoms with Crippen LogP contribution in [0.3, 0.4) is 0 Å². The molecule has 0 N–H and O–H groups in total. The molecule has 0 atom stereocenters. The smallest absolute Gasteiger partial charge is 0.274 e. The number of hydrogen-bond donors (Lipinski definition) is 0. The SMILES string of the molecule is C=CCOc1ccc(-c2nn(-c3ccccc3)cc2C=c2sc3nc4ccccc4n3c2=O)cc1. The molecule has 0 unspecified atom stereocenters. The summed E-state index contributed by atoms with van der Waals surface area (Å²) in [5.74, 6) is 0.759. The number of ether oxygens (including phenoxy) is 1. The highest BCUT2D eigenvalue weighted by Crippen LogP contribution is 2.27. The summed E-state index contributed by atoms with van der Waals surface area (Å²) in [6.07, 6.45) is 5.57. The van der Waals surface area contributed by atoms with Crippen LogP contribution in [0.2, 0.25) is 0 Å². The van der Waals surface area contributed by atoms with Crippen LogP contribution in [-0.2, 0) is 0 Å². The van der Waals surface area contributed by atoms with Gasteiger partial charge in [0.15, 0.2) is 4.96 Å². The van der Waals surface area contributed by atoms with Crippen molar-refractivity contribution in [3.8, 4) is 22.7 Å². The summed E-state index contributed by atoms with van der Waals surface area (Å²) in [5.41, 5.74) is 5.05. The number of rotatable bonds is 6. The molecule has 35 heavy (non-hydrogen) atoms. The van der Waals surface area contributed by atoms with E-state index in [1.165, 1.54) is 11.3 Å². The van der Waals surface area contributed by atoms with E-state index in [1.54, 1.807) is 10.5 Å². The average Bonchev–Trinajstić information content (AvgIpc) is 3.57. The van der Waals surface area contributed by atoms with Crippen LogP contribution in [0, 0.1) is 0 Å². The zero-order chi connectivity index (χ0) is 23.8. The van der Waals surface area contributed by atoms with E-state index in [1.807, 2.05) is 95.8 Å². The van der Waals surface area contributed by atoms with Crippen LogP contribution in [0.4, 0.5) is 0 Å². The summed E-state index contributed by atoms with van der Waals surface area (Å²) in [5, 5.41) is 4.87. The van der Waals surface area contributed by atoms with Gasteiger partial charge in [-0.2, -0.15) is 5.10 Å². The van der Waals surface area contributed by atoms with Crippen LogP contribution in [0.1, 0.15) is 5.56 Å². The average molecular weight is 477 g/mol. The molecule has 0 aliphatic rings. The quantitative estimate of drug-likeness (QED) is 0.322. The van der Waals surface area contributed by atoms with Crippen molar-refractivity contribution >= 4 is 33.4 Å². The number of thiazole rings is 1. The zero-order valence-corrected chi connectivity index (χ0v) is 19.5. The molecule has 0 saturated carbocycles. The van der Waals surface area contributed by atoms with E-state index in [0.717, 1.165) is 39.3 Å². The molecule has 6 rings (SSSR count). The molecule has 6 nitrogen and oxygen atoms in total. The molecule has 0 aliphatic heterocycles. The Hall–Kier alpha value is -4.49. The lowest BCUT2D eigenvalue weighted by Crippen LogP contribution is -2.22. The summed E-state index contributed by atoms with van der Waals surface area (Å²) in [6.45, 7) is 4.13. The van der Waals surface area contributed by atoms with Crippen molar-refractivity contribution in [2.45, 2.75) is 0 Å². The third kappa shape index (κ3) is 3.82. The summed E-state index contributed by atoms with van der Waals surface area (Å²) in [6, 6.07) is 25.4. The molecule has 3 heterocycles. The normalized spacial score (nSPS) is 11.9. The number of imidazole rings is 1. The maximum atomic E-state index is 13.3. The molecule has 0 amide bonds. The Morgan fingerprint density at radius 1 is 0.971 bits per heavy atom. The second-order valence-electron chi connectivity index (χ2n) is 7.97. The molecule has 0 bridgehead atoms. The standard InChI is InChI=1S/C28H20N4O2S/c1-2-16-34-22-14-12-19(13-15-22)26-20(18-31(30-26)21-8-4-3-5-9-21)17-25-27(33)32-24-11-7-6-10-23(24)29-28(32)35-25/h2-15,17-18H,1,16H2. The lowest BCUT2D eigenvalue weighted by Gasteiger charge is -2.04. The van der Waals surface area contributed by atoms with Gasteiger partial charge in [0, 0.05) is 17.3 Å². The minimum Gasteiger partial charge on any atom is -0.490 e. The maximum absolute atomic E-state index is 13.3. The topological polar surface area (TPSA) is 61.4 Å². The first-order valence-corrected chi connectivity index (χ1v) is 11.9. The van der Waals surface area contributed by atoms with E-state index in [2.05, 4.69) is 11.6 Å². The zero-order valence-electron chi connectivity index (χ0n) is 18.7. The lowest BCUT2D eigenvalue weighted by molar-refractivity contribution is 0.363. The van der Waals surface area contributed by atoms with Crippen molar-refractivity contribution in [3.05, 3.63) is 118 Å². The Morgan fingerprint density at radius 3 is 2.54 bits per heavy atom. The summed E-state index contributed by atoms with van der Waals surface area (Å²) < 4.78 is 9.75. The fourth-order valence-corrected chi connectivity index (χ4v) is 5.03. The van der Waals surface area contributed by atoms with Crippen LogP contribution < -0.4 is 14.8 Å². The monoisotopic (exact) mass is 476 g/mol. The fourth-order valence-electron chi connectivity index (χ4n) is 4.05. The largest absolute Gasteiger partial charge is 0.490 e. The van der Waals surface area contributed by atoms with Crippen molar-refractivity contribution < 1.29 is 4.74 Å². The van der Waals surface area contributed by atoms with Gasteiger partial charge in [-0.25, -0.2) is 14.1 Å². The van der Waals surface area contributed by atoms with Crippen molar-refractivity contribution in [1.29, 1.82) is 0 Å². The van der Waals surface area contributed by atoms with E-state index in [-0.39, 0.29) is 5.56 Å². The van der Waals surface area contributed by atoms with Gasteiger partial charge in [0.25, 0.3) is 5.56 Å². The first-order valence-electron chi connectivity index (χ1n) is 11.1. The van der Waals surface area contributed by atoms with E-state index < -0.39 is 0 Å². The minimum atomic E-state index is -0.0784. The van der Waals surface area contributed by atoms with E-state index >= 15 is 0 Å². The Balaban J connectivity index is 1.51. The van der Waals surface area contributed by atoms with E-state index in [0.29, 0.717) is 16.1 Å². The van der Waals surface area contributed by atoms with Gasteiger partial charge in [-0.15, -0.1) is 0 Å². The maximum Gasteiger partial charge on any atom is 0.274 e. The Morgan fingerprint density at radius 2 is 1.74 bits per heavy atom. The van der Waals surface area contributed by atoms with Gasteiger partial charge < -0.3 is 4.74 Å². The number of hydrogen-bond acceptors (Lipinski definition) is 5.